The highest BCUT2D eigenvalue weighted by atomic mass is 16.5. The lowest BCUT2D eigenvalue weighted by Gasteiger charge is -2.12. The van der Waals surface area contributed by atoms with Gasteiger partial charge in [0, 0.05) is 6.04 Å². The fourth-order valence-electron chi connectivity index (χ4n) is 2.15. The number of ether oxygens (including phenoxy) is 1. The normalized spacial score (nSPS) is 12.4. The smallest absolute Gasteiger partial charge is 0.307 e. The minimum atomic E-state index is -0.0987. The second-order valence-electron chi connectivity index (χ2n) is 5.34. The summed E-state index contributed by atoms with van der Waals surface area (Å²) in [7, 11) is 0. The van der Waals surface area contributed by atoms with Gasteiger partial charge in [-0.15, -0.1) is 0 Å². The largest absolute Gasteiger partial charge is 0.466 e. The van der Waals surface area contributed by atoms with Gasteiger partial charge in [-0.05, 0) is 26.8 Å². The number of hydrogen-bond donors (Lipinski definition) is 1. The van der Waals surface area contributed by atoms with Crippen molar-refractivity contribution in [2.75, 3.05) is 13.2 Å². The zero-order chi connectivity index (χ0) is 14.3. The molecule has 0 aliphatic rings. The van der Waals surface area contributed by atoms with Gasteiger partial charge in [0.2, 0.25) is 0 Å². The van der Waals surface area contributed by atoms with E-state index in [0.29, 0.717) is 13.0 Å². The molecule has 0 heterocycles. The lowest BCUT2D eigenvalue weighted by Crippen LogP contribution is -2.30. The van der Waals surface area contributed by atoms with Crippen LogP contribution in [0.2, 0.25) is 0 Å². The molecule has 1 unspecified atom stereocenters. The Morgan fingerprint density at radius 1 is 1.00 bits per heavy atom. The monoisotopic (exact) mass is 271 g/mol. The van der Waals surface area contributed by atoms with Gasteiger partial charge in [-0.1, -0.05) is 51.9 Å². The van der Waals surface area contributed by atoms with Gasteiger partial charge < -0.3 is 10.1 Å². The third kappa shape index (κ3) is 13.7. The quantitative estimate of drug-likeness (QED) is 0.405. The SMILES string of the molecule is CCCCCCCCCCNC(C)CC(=O)OCC. The number of carbonyl (C=O) groups excluding carboxylic acids is 1. The zero-order valence-electron chi connectivity index (χ0n) is 13.2. The number of hydrogen-bond acceptors (Lipinski definition) is 3. The molecule has 0 saturated heterocycles. The molecule has 114 valence electrons. The molecule has 0 aromatic rings. The van der Waals surface area contributed by atoms with E-state index in [1.54, 1.807) is 0 Å². The molecular weight excluding hydrogens is 238 g/mol. The number of rotatable bonds is 13. The summed E-state index contributed by atoms with van der Waals surface area (Å²) in [4.78, 5) is 11.3. The first-order chi connectivity index (χ1) is 9.20. The Labute approximate surface area is 119 Å². The van der Waals surface area contributed by atoms with Crippen molar-refractivity contribution in [2.24, 2.45) is 0 Å². The predicted molar refractivity (Wildman–Crippen MR) is 81.3 cm³/mol. The van der Waals surface area contributed by atoms with E-state index >= 15 is 0 Å². The summed E-state index contributed by atoms with van der Waals surface area (Å²) in [5.41, 5.74) is 0. The molecule has 0 aliphatic carbocycles. The van der Waals surface area contributed by atoms with Crippen LogP contribution >= 0.6 is 0 Å². The molecule has 0 spiro atoms. The van der Waals surface area contributed by atoms with Gasteiger partial charge in [-0.2, -0.15) is 0 Å². The van der Waals surface area contributed by atoms with Crippen LogP contribution < -0.4 is 5.32 Å². The average molecular weight is 271 g/mol. The van der Waals surface area contributed by atoms with E-state index in [9.17, 15) is 4.79 Å². The van der Waals surface area contributed by atoms with E-state index in [1.165, 1.54) is 51.4 Å². The van der Waals surface area contributed by atoms with Crippen molar-refractivity contribution >= 4 is 5.97 Å². The molecule has 0 aromatic heterocycles. The van der Waals surface area contributed by atoms with Gasteiger partial charge in [0.05, 0.1) is 13.0 Å². The molecule has 0 bridgehead atoms. The fourth-order valence-corrected chi connectivity index (χ4v) is 2.15. The van der Waals surface area contributed by atoms with Crippen LogP contribution in [0.5, 0.6) is 0 Å². The number of carbonyl (C=O) groups is 1. The molecule has 0 aliphatic heterocycles. The van der Waals surface area contributed by atoms with Crippen LogP contribution in [0.3, 0.4) is 0 Å². The minimum Gasteiger partial charge on any atom is -0.466 e. The van der Waals surface area contributed by atoms with E-state index in [2.05, 4.69) is 12.2 Å². The Hall–Kier alpha value is -0.570. The van der Waals surface area contributed by atoms with Crippen LogP contribution in [0, 0.1) is 0 Å². The lowest BCUT2D eigenvalue weighted by atomic mass is 10.1. The van der Waals surface area contributed by atoms with Crippen molar-refractivity contribution in [2.45, 2.75) is 84.6 Å². The van der Waals surface area contributed by atoms with Gasteiger partial charge >= 0.3 is 5.97 Å². The average Bonchev–Trinajstić information content (AvgIpc) is 2.37. The first-order valence-corrected chi connectivity index (χ1v) is 8.09. The van der Waals surface area contributed by atoms with E-state index in [1.807, 2.05) is 13.8 Å². The number of nitrogens with one attached hydrogen (secondary N) is 1. The summed E-state index contributed by atoms with van der Waals surface area (Å²) < 4.78 is 4.93. The lowest BCUT2D eigenvalue weighted by molar-refractivity contribution is -0.143. The molecular formula is C16H33NO2. The van der Waals surface area contributed by atoms with E-state index in [4.69, 9.17) is 4.74 Å². The predicted octanol–water partition coefficient (Wildman–Crippen LogP) is 4.06. The van der Waals surface area contributed by atoms with Crippen LogP contribution in [0.1, 0.15) is 78.6 Å². The standard InChI is InChI=1S/C16H33NO2/c1-4-6-7-8-9-10-11-12-13-17-15(3)14-16(18)19-5-2/h15,17H,4-14H2,1-3H3. The van der Waals surface area contributed by atoms with Crippen molar-refractivity contribution in [3.8, 4) is 0 Å². The first kappa shape index (κ1) is 18.4. The molecule has 0 amide bonds. The van der Waals surface area contributed by atoms with Crippen LogP contribution in [-0.4, -0.2) is 25.2 Å². The van der Waals surface area contributed by atoms with Crippen molar-refractivity contribution in [3.05, 3.63) is 0 Å². The molecule has 19 heavy (non-hydrogen) atoms. The summed E-state index contributed by atoms with van der Waals surface area (Å²) >= 11 is 0. The molecule has 3 nitrogen and oxygen atoms in total. The summed E-state index contributed by atoms with van der Waals surface area (Å²) in [5, 5.41) is 3.38. The first-order valence-electron chi connectivity index (χ1n) is 8.09. The Morgan fingerprint density at radius 2 is 1.58 bits per heavy atom. The van der Waals surface area contributed by atoms with Crippen LogP contribution in [0.15, 0.2) is 0 Å². The van der Waals surface area contributed by atoms with E-state index in [0.717, 1.165) is 6.54 Å². The highest BCUT2D eigenvalue weighted by Crippen LogP contribution is 2.08. The number of esters is 1. The topological polar surface area (TPSA) is 38.3 Å². The number of unbranched alkanes of at least 4 members (excludes halogenated alkanes) is 7. The maximum absolute atomic E-state index is 11.3. The van der Waals surface area contributed by atoms with Gasteiger partial charge in [-0.3, -0.25) is 4.79 Å². The summed E-state index contributed by atoms with van der Waals surface area (Å²) in [6, 6.07) is 0.226. The Bertz CT molecular complexity index is 207. The Balaban J connectivity index is 3.22. The van der Waals surface area contributed by atoms with Crippen LogP contribution in [-0.2, 0) is 9.53 Å². The molecule has 0 radical (unpaired) electrons. The summed E-state index contributed by atoms with van der Waals surface area (Å²) in [6.07, 6.45) is 11.2. The minimum absolute atomic E-state index is 0.0987. The highest BCUT2D eigenvalue weighted by Gasteiger charge is 2.08. The molecule has 0 aromatic carbocycles. The van der Waals surface area contributed by atoms with E-state index in [-0.39, 0.29) is 12.0 Å². The molecule has 1 atom stereocenters. The highest BCUT2D eigenvalue weighted by molar-refractivity contribution is 5.69. The van der Waals surface area contributed by atoms with Gasteiger partial charge in [0.25, 0.3) is 0 Å². The second kappa shape index (κ2) is 13.9. The van der Waals surface area contributed by atoms with Crippen LogP contribution in [0.25, 0.3) is 0 Å². The molecule has 3 heteroatoms. The third-order valence-corrected chi connectivity index (χ3v) is 3.30. The molecule has 0 saturated carbocycles. The maximum atomic E-state index is 11.3. The second-order valence-corrected chi connectivity index (χ2v) is 5.34. The Kier molecular flexibility index (Phi) is 13.4. The Morgan fingerprint density at radius 3 is 2.16 bits per heavy atom. The van der Waals surface area contributed by atoms with Crippen molar-refractivity contribution < 1.29 is 9.53 Å². The van der Waals surface area contributed by atoms with Gasteiger partial charge in [-0.25, -0.2) is 0 Å². The molecule has 0 fully saturated rings. The van der Waals surface area contributed by atoms with Gasteiger partial charge in [0.1, 0.15) is 0 Å². The van der Waals surface area contributed by atoms with E-state index < -0.39 is 0 Å². The van der Waals surface area contributed by atoms with Crippen LogP contribution in [0.4, 0.5) is 0 Å². The maximum Gasteiger partial charge on any atom is 0.307 e. The molecule has 0 rings (SSSR count). The third-order valence-electron chi connectivity index (χ3n) is 3.30. The molecule has 1 N–H and O–H groups in total. The van der Waals surface area contributed by atoms with Crippen molar-refractivity contribution in [3.63, 3.8) is 0 Å². The zero-order valence-corrected chi connectivity index (χ0v) is 13.2. The van der Waals surface area contributed by atoms with Gasteiger partial charge in [0.15, 0.2) is 0 Å². The summed E-state index contributed by atoms with van der Waals surface area (Å²) in [6.45, 7) is 7.63. The fraction of sp³-hybridized carbons (Fsp3) is 0.938. The van der Waals surface area contributed by atoms with Crippen molar-refractivity contribution in [1.82, 2.24) is 5.32 Å². The van der Waals surface area contributed by atoms with Crippen molar-refractivity contribution in [1.29, 1.82) is 0 Å². The summed E-state index contributed by atoms with van der Waals surface area (Å²) in [5.74, 6) is -0.0987.